The molecule has 2 rings (SSSR count). The average molecular weight is 306 g/mol. The van der Waals surface area contributed by atoms with E-state index in [0.717, 1.165) is 5.56 Å². The van der Waals surface area contributed by atoms with Crippen LogP contribution in [0.5, 0.6) is 5.75 Å². The Morgan fingerprint density at radius 2 is 2.14 bits per heavy atom. The number of nitrogens with zero attached hydrogens (tertiary/aromatic N) is 1. The van der Waals surface area contributed by atoms with Crippen LogP contribution in [0.4, 0.5) is 4.79 Å². The van der Waals surface area contributed by atoms with E-state index in [4.69, 9.17) is 9.47 Å². The van der Waals surface area contributed by atoms with E-state index in [2.05, 4.69) is 5.32 Å². The van der Waals surface area contributed by atoms with Crippen LogP contribution in [0.2, 0.25) is 0 Å². The highest BCUT2D eigenvalue weighted by Crippen LogP contribution is 2.20. The van der Waals surface area contributed by atoms with Crippen LogP contribution in [0, 0.1) is 0 Å². The Morgan fingerprint density at radius 1 is 1.41 bits per heavy atom. The first-order valence-electron chi connectivity index (χ1n) is 7.27. The van der Waals surface area contributed by atoms with Crippen molar-refractivity contribution in [3.8, 4) is 5.75 Å². The van der Waals surface area contributed by atoms with Crippen LogP contribution in [0.3, 0.4) is 0 Å². The van der Waals surface area contributed by atoms with Crippen molar-refractivity contribution < 1.29 is 19.1 Å². The number of ether oxygens (including phenoxy) is 2. The summed E-state index contributed by atoms with van der Waals surface area (Å²) >= 11 is 0. The van der Waals surface area contributed by atoms with Gasteiger partial charge in [0.05, 0.1) is 25.6 Å². The molecule has 2 amide bonds. The minimum absolute atomic E-state index is 0.106. The third-order valence-corrected chi connectivity index (χ3v) is 3.75. The molecule has 1 aliphatic heterocycles. The van der Waals surface area contributed by atoms with E-state index in [1.165, 1.54) is 0 Å². The van der Waals surface area contributed by atoms with Gasteiger partial charge in [-0.2, -0.15) is 0 Å². The molecule has 0 aliphatic carbocycles. The number of benzene rings is 1. The summed E-state index contributed by atoms with van der Waals surface area (Å²) in [6, 6.07) is 7.42. The fourth-order valence-electron chi connectivity index (χ4n) is 2.44. The first-order chi connectivity index (χ1) is 10.4. The van der Waals surface area contributed by atoms with Gasteiger partial charge in [0.15, 0.2) is 0 Å². The first kappa shape index (κ1) is 16.1. The van der Waals surface area contributed by atoms with E-state index in [0.29, 0.717) is 25.4 Å². The summed E-state index contributed by atoms with van der Waals surface area (Å²) in [7, 11) is 1.58. The van der Waals surface area contributed by atoms with Gasteiger partial charge < -0.3 is 14.8 Å². The standard InChI is InChI=1S/C16H22N2O4/c1-16(2,18-8-9-22-15(18)20)11-17-14(19)10-12-6-4-5-7-13(12)21-3/h4-7H,8-11H2,1-3H3,(H,17,19). The van der Waals surface area contributed by atoms with Gasteiger partial charge in [0.1, 0.15) is 12.4 Å². The van der Waals surface area contributed by atoms with Gasteiger partial charge in [-0.25, -0.2) is 4.79 Å². The van der Waals surface area contributed by atoms with Crippen molar-refractivity contribution in [1.29, 1.82) is 0 Å². The maximum absolute atomic E-state index is 12.1. The van der Waals surface area contributed by atoms with Crippen molar-refractivity contribution in [3.63, 3.8) is 0 Å². The molecule has 0 unspecified atom stereocenters. The summed E-state index contributed by atoms with van der Waals surface area (Å²) in [5.74, 6) is 0.588. The largest absolute Gasteiger partial charge is 0.496 e. The first-order valence-corrected chi connectivity index (χ1v) is 7.27. The Hall–Kier alpha value is -2.24. The van der Waals surface area contributed by atoms with Crippen LogP contribution in [0.1, 0.15) is 19.4 Å². The van der Waals surface area contributed by atoms with Crippen LogP contribution in [-0.2, 0) is 16.0 Å². The average Bonchev–Trinajstić information content (AvgIpc) is 2.93. The second-order valence-corrected chi connectivity index (χ2v) is 5.84. The van der Waals surface area contributed by atoms with Crippen molar-refractivity contribution >= 4 is 12.0 Å². The van der Waals surface area contributed by atoms with E-state index in [1.807, 2.05) is 38.1 Å². The molecule has 22 heavy (non-hydrogen) atoms. The highest BCUT2D eigenvalue weighted by atomic mass is 16.6. The van der Waals surface area contributed by atoms with Gasteiger partial charge in [-0.1, -0.05) is 18.2 Å². The van der Waals surface area contributed by atoms with Crippen LogP contribution >= 0.6 is 0 Å². The van der Waals surface area contributed by atoms with Gasteiger partial charge in [0, 0.05) is 12.1 Å². The molecule has 1 saturated heterocycles. The smallest absolute Gasteiger partial charge is 0.410 e. The summed E-state index contributed by atoms with van der Waals surface area (Å²) in [5, 5.41) is 2.88. The zero-order chi connectivity index (χ0) is 16.2. The second kappa shape index (κ2) is 6.68. The summed E-state index contributed by atoms with van der Waals surface area (Å²) in [5.41, 5.74) is 0.352. The van der Waals surface area contributed by atoms with Crippen LogP contribution in [0.15, 0.2) is 24.3 Å². The molecule has 1 aromatic rings. The molecule has 1 aromatic carbocycles. The van der Waals surface area contributed by atoms with Gasteiger partial charge in [-0.05, 0) is 19.9 Å². The van der Waals surface area contributed by atoms with Crippen molar-refractivity contribution in [2.24, 2.45) is 0 Å². The van der Waals surface area contributed by atoms with E-state index < -0.39 is 5.54 Å². The number of amides is 2. The number of cyclic esters (lactones) is 1. The Kier molecular flexibility index (Phi) is 4.90. The minimum Gasteiger partial charge on any atom is -0.496 e. The highest BCUT2D eigenvalue weighted by Gasteiger charge is 2.35. The van der Waals surface area contributed by atoms with Gasteiger partial charge in [-0.3, -0.25) is 9.69 Å². The number of rotatable bonds is 6. The number of hydrogen-bond acceptors (Lipinski definition) is 4. The summed E-state index contributed by atoms with van der Waals surface area (Å²) in [6.07, 6.45) is -0.0890. The van der Waals surface area contributed by atoms with Crippen LogP contribution in [-0.4, -0.2) is 49.2 Å². The monoisotopic (exact) mass is 306 g/mol. The van der Waals surface area contributed by atoms with Gasteiger partial charge in [-0.15, -0.1) is 0 Å². The molecule has 0 aromatic heterocycles. The summed E-state index contributed by atoms with van der Waals surface area (Å²) in [4.78, 5) is 25.4. The lowest BCUT2D eigenvalue weighted by molar-refractivity contribution is -0.120. The van der Waals surface area contributed by atoms with Crippen molar-refractivity contribution in [3.05, 3.63) is 29.8 Å². The predicted molar refractivity (Wildman–Crippen MR) is 81.8 cm³/mol. The lowest BCUT2D eigenvalue weighted by Gasteiger charge is -2.33. The van der Waals surface area contributed by atoms with E-state index in [-0.39, 0.29) is 18.4 Å². The Balaban J connectivity index is 1.91. The number of para-hydroxylation sites is 1. The SMILES string of the molecule is COc1ccccc1CC(=O)NCC(C)(C)N1CCOC1=O. The fraction of sp³-hybridized carbons (Fsp3) is 0.500. The molecule has 0 radical (unpaired) electrons. The summed E-state index contributed by atoms with van der Waals surface area (Å²) in [6.45, 7) is 5.13. The quantitative estimate of drug-likeness (QED) is 0.866. The van der Waals surface area contributed by atoms with E-state index in [9.17, 15) is 9.59 Å². The van der Waals surface area contributed by atoms with Crippen molar-refractivity contribution in [2.45, 2.75) is 25.8 Å². The highest BCUT2D eigenvalue weighted by molar-refractivity contribution is 5.79. The Bertz CT molecular complexity index is 557. The molecule has 1 heterocycles. The third kappa shape index (κ3) is 3.69. The number of carbonyl (C=O) groups excluding carboxylic acids is 2. The number of nitrogens with one attached hydrogen (secondary N) is 1. The van der Waals surface area contributed by atoms with Gasteiger partial charge >= 0.3 is 6.09 Å². The molecule has 0 atom stereocenters. The van der Waals surface area contributed by atoms with Crippen molar-refractivity contribution in [2.75, 3.05) is 26.8 Å². The molecule has 1 aliphatic rings. The second-order valence-electron chi connectivity index (χ2n) is 5.84. The maximum Gasteiger partial charge on any atom is 0.410 e. The molecule has 6 nitrogen and oxygen atoms in total. The van der Waals surface area contributed by atoms with Gasteiger partial charge in [0.25, 0.3) is 0 Å². The third-order valence-electron chi connectivity index (χ3n) is 3.75. The molecule has 1 N–H and O–H groups in total. The van der Waals surface area contributed by atoms with Gasteiger partial charge in [0.2, 0.25) is 5.91 Å². The van der Waals surface area contributed by atoms with E-state index in [1.54, 1.807) is 12.0 Å². The topological polar surface area (TPSA) is 67.9 Å². The Labute approximate surface area is 130 Å². The molecular weight excluding hydrogens is 284 g/mol. The molecule has 0 bridgehead atoms. The minimum atomic E-state index is -0.482. The molecule has 120 valence electrons. The maximum atomic E-state index is 12.1. The van der Waals surface area contributed by atoms with E-state index >= 15 is 0 Å². The van der Waals surface area contributed by atoms with Crippen LogP contribution in [0.25, 0.3) is 0 Å². The lowest BCUT2D eigenvalue weighted by Crippen LogP contribution is -2.52. The normalized spacial score (nSPS) is 14.7. The Morgan fingerprint density at radius 3 is 2.77 bits per heavy atom. The van der Waals surface area contributed by atoms with Crippen LogP contribution < -0.4 is 10.1 Å². The number of methoxy groups -OCH3 is 1. The fourth-order valence-corrected chi connectivity index (χ4v) is 2.44. The molecule has 6 heteroatoms. The summed E-state index contributed by atoms with van der Waals surface area (Å²) < 4.78 is 10.2. The predicted octanol–water partition coefficient (Wildman–Crippen LogP) is 1.58. The number of carbonyl (C=O) groups is 2. The molecule has 0 saturated carbocycles. The van der Waals surface area contributed by atoms with Crippen molar-refractivity contribution in [1.82, 2.24) is 10.2 Å². The zero-order valence-corrected chi connectivity index (χ0v) is 13.2. The molecular formula is C16H22N2O4. The lowest BCUT2D eigenvalue weighted by atomic mass is 10.0. The molecule has 1 fully saturated rings. The number of hydrogen-bond donors (Lipinski definition) is 1. The zero-order valence-electron chi connectivity index (χ0n) is 13.2. The molecule has 0 spiro atoms.